The van der Waals surface area contributed by atoms with Crippen molar-refractivity contribution in [1.82, 2.24) is 5.32 Å². The number of hydrogen-bond acceptors (Lipinski definition) is 2. The molecule has 1 aromatic rings. The Morgan fingerprint density at radius 2 is 2.00 bits per heavy atom. The molecule has 0 spiro atoms. The number of unbranched alkanes of at least 4 members (excludes halogenated alkanes) is 2. The van der Waals surface area contributed by atoms with Crippen LogP contribution in [0.1, 0.15) is 51.0 Å². The van der Waals surface area contributed by atoms with Gasteiger partial charge in [0.1, 0.15) is 0 Å². The van der Waals surface area contributed by atoms with Crippen molar-refractivity contribution in [2.75, 3.05) is 6.54 Å². The molecular weight excluding hydrogens is 248 g/mol. The summed E-state index contributed by atoms with van der Waals surface area (Å²) < 4.78 is 0. The third-order valence-corrected chi connectivity index (χ3v) is 3.67. The highest BCUT2D eigenvalue weighted by atomic mass is 16.1. The number of amides is 1. The zero-order valence-electron chi connectivity index (χ0n) is 12.4. The normalized spacial score (nSPS) is 13.2. The van der Waals surface area contributed by atoms with Gasteiger partial charge in [0.25, 0.3) is 0 Å². The fraction of sp³-hybridized carbons (Fsp3) is 0.529. The van der Waals surface area contributed by atoms with Gasteiger partial charge >= 0.3 is 0 Å². The summed E-state index contributed by atoms with van der Waals surface area (Å²) in [5, 5.41) is 11.5. The lowest BCUT2D eigenvalue weighted by molar-refractivity contribution is -0.123. The molecule has 0 aromatic heterocycles. The molecule has 3 nitrogen and oxygen atoms in total. The Hall–Kier alpha value is -1.82. The summed E-state index contributed by atoms with van der Waals surface area (Å²) in [6, 6.07) is 12.1. The van der Waals surface area contributed by atoms with Crippen LogP contribution in [0.2, 0.25) is 0 Å². The van der Waals surface area contributed by atoms with E-state index in [9.17, 15) is 4.79 Å². The van der Waals surface area contributed by atoms with Gasteiger partial charge in [-0.25, -0.2) is 0 Å². The standard InChI is InChI=1S/C17H24N2O/c1-3-14(2)16(15-10-6-4-7-11-15)17(20)19-13-9-5-8-12-18/h4,6-7,10-11,14,16H,3,5,8-9,13H2,1-2H3,(H,19,20). The van der Waals surface area contributed by atoms with Crippen molar-refractivity contribution in [1.29, 1.82) is 5.26 Å². The molecule has 0 bridgehead atoms. The van der Waals surface area contributed by atoms with Crippen LogP contribution in [0, 0.1) is 17.2 Å². The maximum Gasteiger partial charge on any atom is 0.227 e. The lowest BCUT2D eigenvalue weighted by Gasteiger charge is -2.22. The van der Waals surface area contributed by atoms with Crippen LogP contribution in [0.4, 0.5) is 0 Å². The van der Waals surface area contributed by atoms with Gasteiger partial charge in [0.2, 0.25) is 5.91 Å². The van der Waals surface area contributed by atoms with Crippen molar-refractivity contribution in [2.24, 2.45) is 5.92 Å². The lowest BCUT2D eigenvalue weighted by Crippen LogP contribution is -2.33. The van der Waals surface area contributed by atoms with E-state index in [0.717, 1.165) is 24.8 Å². The summed E-state index contributed by atoms with van der Waals surface area (Å²) in [6.07, 6.45) is 3.24. The van der Waals surface area contributed by atoms with Crippen LogP contribution >= 0.6 is 0 Å². The lowest BCUT2D eigenvalue weighted by atomic mass is 9.85. The number of rotatable bonds is 8. The first-order valence-electron chi connectivity index (χ1n) is 7.40. The highest BCUT2D eigenvalue weighted by Crippen LogP contribution is 2.27. The minimum Gasteiger partial charge on any atom is -0.356 e. The fourth-order valence-electron chi connectivity index (χ4n) is 2.28. The van der Waals surface area contributed by atoms with Crippen LogP contribution in [0.25, 0.3) is 0 Å². The molecule has 0 aliphatic carbocycles. The molecular formula is C17H24N2O. The van der Waals surface area contributed by atoms with Gasteiger partial charge in [0.05, 0.1) is 12.0 Å². The highest BCUT2D eigenvalue weighted by molar-refractivity contribution is 5.83. The Balaban J connectivity index is 2.60. The number of carbonyl (C=O) groups is 1. The van der Waals surface area contributed by atoms with E-state index in [1.807, 2.05) is 30.3 Å². The predicted octanol–water partition coefficient (Wildman–Crippen LogP) is 3.63. The maximum absolute atomic E-state index is 12.4. The third-order valence-electron chi connectivity index (χ3n) is 3.67. The molecule has 0 aliphatic rings. The van der Waals surface area contributed by atoms with Crippen molar-refractivity contribution >= 4 is 5.91 Å². The van der Waals surface area contributed by atoms with E-state index in [1.165, 1.54) is 0 Å². The monoisotopic (exact) mass is 272 g/mol. The summed E-state index contributed by atoms with van der Waals surface area (Å²) in [6.45, 7) is 4.88. The molecule has 2 atom stereocenters. The van der Waals surface area contributed by atoms with Gasteiger partial charge in [0.15, 0.2) is 0 Å². The van der Waals surface area contributed by atoms with Gasteiger partial charge < -0.3 is 5.32 Å². The van der Waals surface area contributed by atoms with Gasteiger partial charge in [-0.2, -0.15) is 5.26 Å². The third kappa shape index (κ3) is 5.05. The number of carbonyl (C=O) groups excluding carboxylic acids is 1. The molecule has 108 valence electrons. The van der Waals surface area contributed by atoms with Crippen molar-refractivity contribution in [2.45, 2.75) is 45.4 Å². The van der Waals surface area contributed by atoms with Gasteiger partial charge in [0, 0.05) is 13.0 Å². The van der Waals surface area contributed by atoms with Gasteiger partial charge in [-0.3, -0.25) is 4.79 Å². The number of benzene rings is 1. The summed E-state index contributed by atoms with van der Waals surface area (Å²) in [5.41, 5.74) is 1.08. The van der Waals surface area contributed by atoms with Crippen LogP contribution in [-0.4, -0.2) is 12.5 Å². The van der Waals surface area contributed by atoms with E-state index in [1.54, 1.807) is 0 Å². The summed E-state index contributed by atoms with van der Waals surface area (Å²) >= 11 is 0. The Kier molecular flexibility index (Phi) is 7.42. The minimum atomic E-state index is -0.0860. The molecule has 0 heterocycles. The number of nitrogens with zero attached hydrogens (tertiary/aromatic N) is 1. The first-order valence-corrected chi connectivity index (χ1v) is 7.40. The number of hydrogen-bond donors (Lipinski definition) is 1. The highest BCUT2D eigenvalue weighted by Gasteiger charge is 2.25. The Morgan fingerprint density at radius 1 is 1.30 bits per heavy atom. The summed E-state index contributed by atoms with van der Waals surface area (Å²) in [4.78, 5) is 12.4. The average Bonchev–Trinajstić information content (AvgIpc) is 2.48. The zero-order chi connectivity index (χ0) is 14.8. The van der Waals surface area contributed by atoms with Gasteiger partial charge in [-0.1, -0.05) is 50.6 Å². The van der Waals surface area contributed by atoms with Crippen LogP contribution < -0.4 is 5.32 Å². The molecule has 1 amide bonds. The Bertz CT molecular complexity index is 436. The molecule has 1 aromatic carbocycles. The molecule has 20 heavy (non-hydrogen) atoms. The molecule has 1 N–H and O–H groups in total. The summed E-state index contributed by atoms with van der Waals surface area (Å²) in [7, 11) is 0. The maximum atomic E-state index is 12.4. The predicted molar refractivity (Wildman–Crippen MR) is 81.1 cm³/mol. The molecule has 0 fully saturated rings. The molecule has 0 radical (unpaired) electrons. The first-order chi connectivity index (χ1) is 9.70. The molecule has 0 aliphatic heterocycles. The second-order valence-corrected chi connectivity index (χ2v) is 5.18. The smallest absolute Gasteiger partial charge is 0.227 e. The second-order valence-electron chi connectivity index (χ2n) is 5.18. The van der Waals surface area contributed by atoms with E-state index in [0.29, 0.717) is 18.9 Å². The van der Waals surface area contributed by atoms with E-state index in [-0.39, 0.29) is 11.8 Å². The fourth-order valence-corrected chi connectivity index (χ4v) is 2.28. The first kappa shape index (κ1) is 16.2. The van der Waals surface area contributed by atoms with Crippen LogP contribution in [0.3, 0.4) is 0 Å². The van der Waals surface area contributed by atoms with Crippen LogP contribution in [0.15, 0.2) is 30.3 Å². The second kappa shape index (κ2) is 9.14. The number of nitrogens with one attached hydrogen (secondary N) is 1. The molecule has 2 unspecified atom stereocenters. The van der Waals surface area contributed by atoms with Gasteiger partial charge in [-0.05, 0) is 24.3 Å². The minimum absolute atomic E-state index is 0.0860. The van der Waals surface area contributed by atoms with Crippen molar-refractivity contribution in [3.63, 3.8) is 0 Å². The Labute approximate surface area is 122 Å². The zero-order valence-corrected chi connectivity index (χ0v) is 12.4. The van der Waals surface area contributed by atoms with E-state index in [2.05, 4.69) is 25.2 Å². The van der Waals surface area contributed by atoms with Crippen molar-refractivity contribution in [3.8, 4) is 6.07 Å². The van der Waals surface area contributed by atoms with Crippen molar-refractivity contribution in [3.05, 3.63) is 35.9 Å². The SMILES string of the molecule is CCC(C)C(C(=O)NCCCCC#N)c1ccccc1. The molecule has 0 saturated carbocycles. The van der Waals surface area contributed by atoms with Gasteiger partial charge in [-0.15, -0.1) is 0 Å². The molecule has 3 heteroatoms. The van der Waals surface area contributed by atoms with Crippen LogP contribution in [-0.2, 0) is 4.79 Å². The quantitative estimate of drug-likeness (QED) is 0.735. The van der Waals surface area contributed by atoms with E-state index < -0.39 is 0 Å². The average molecular weight is 272 g/mol. The summed E-state index contributed by atoms with van der Waals surface area (Å²) in [5.74, 6) is 0.330. The van der Waals surface area contributed by atoms with Crippen LogP contribution in [0.5, 0.6) is 0 Å². The largest absolute Gasteiger partial charge is 0.356 e. The van der Waals surface area contributed by atoms with Crippen molar-refractivity contribution < 1.29 is 4.79 Å². The molecule has 0 saturated heterocycles. The van der Waals surface area contributed by atoms with E-state index >= 15 is 0 Å². The molecule has 1 rings (SSSR count). The van der Waals surface area contributed by atoms with E-state index in [4.69, 9.17) is 5.26 Å². The Morgan fingerprint density at radius 3 is 2.60 bits per heavy atom. The number of nitriles is 1. The topological polar surface area (TPSA) is 52.9 Å².